The normalized spacial score (nSPS) is 10.1. The first-order chi connectivity index (χ1) is 10.1. The molecular weight excluding hydrogens is 296 g/mol. The highest BCUT2D eigenvalue weighted by atomic mass is 32.1. The molecule has 8 nitrogen and oxygen atoms in total. The van der Waals surface area contributed by atoms with Crippen LogP contribution in [0, 0.1) is 0 Å². The highest BCUT2D eigenvalue weighted by Gasteiger charge is 2.19. The highest BCUT2D eigenvalue weighted by molar-refractivity contribution is 7.14. The van der Waals surface area contributed by atoms with Gasteiger partial charge < -0.3 is 10.1 Å². The Hall–Kier alpha value is -2.55. The number of anilines is 1. The van der Waals surface area contributed by atoms with Gasteiger partial charge in [0, 0.05) is 4.88 Å². The van der Waals surface area contributed by atoms with E-state index in [9.17, 15) is 14.4 Å². The van der Waals surface area contributed by atoms with Crippen LogP contribution in [0.3, 0.4) is 0 Å². The molecule has 2 rings (SSSR count). The van der Waals surface area contributed by atoms with Crippen molar-refractivity contribution in [2.45, 2.75) is 13.5 Å². The molecule has 0 unspecified atom stereocenters. The van der Waals surface area contributed by atoms with Gasteiger partial charge in [0.05, 0.1) is 24.2 Å². The van der Waals surface area contributed by atoms with Gasteiger partial charge in [-0.05, 0) is 19.1 Å². The fourth-order valence-electron chi connectivity index (χ4n) is 1.54. The number of ketones is 1. The Morgan fingerprint density at radius 3 is 3.00 bits per heavy atom. The number of carbonyl (C=O) groups is 3. The Morgan fingerprint density at radius 1 is 1.48 bits per heavy atom. The number of carbonyl (C=O) groups excluding carboxylic acids is 3. The van der Waals surface area contributed by atoms with Gasteiger partial charge in [0.1, 0.15) is 0 Å². The molecule has 0 saturated heterocycles. The zero-order valence-electron chi connectivity index (χ0n) is 11.1. The van der Waals surface area contributed by atoms with Crippen LogP contribution in [0.25, 0.3) is 0 Å². The second-order valence-electron chi connectivity index (χ2n) is 3.88. The fraction of sp³-hybridized carbons (Fsp3) is 0.250. The number of ether oxygens (including phenoxy) is 1. The molecule has 110 valence electrons. The second kappa shape index (κ2) is 6.75. The van der Waals surface area contributed by atoms with Crippen molar-refractivity contribution in [3.05, 3.63) is 28.1 Å². The summed E-state index contributed by atoms with van der Waals surface area (Å²) in [4.78, 5) is 34.5. The van der Waals surface area contributed by atoms with Gasteiger partial charge in [-0.25, -0.2) is 9.48 Å². The van der Waals surface area contributed by atoms with Crippen LogP contribution < -0.4 is 5.32 Å². The Kier molecular flexibility index (Phi) is 4.77. The van der Waals surface area contributed by atoms with E-state index in [2.05, 4.69) is 20.4 Å². The third kappa shape index (κ3) is 3.72. The van der Waals surface area contributed by atoms with E-state index in [1.165, 1.54) is 16.0 Å². The van der Waals surface area contributed by atoms with Gasteiger partial charge in [-0.2, -0.15) is 0 Å². The molecule has 1 N–H and O–H groups in total. The summed E-state index contributed by atoms with van der Waals surface area (Å²) in [6.07, 6.45) is 2.07. The van der Waals surface area contributed by atoms with Crippen LogP contribution in [0.2, 0.25) is 0 Å². The number of Topliss-reactive ketones (excluding diaryl/α,β-unsaturated/α-hetero) is 1. The number of nitrogens with one attached hydrogen (secondary N) is 1. The van der Waals surface area contributed by atoms with Gasteiger partial charge >= 0.3 is 5.97 Å². The fourth-order valence-corrected chi connectivity index (χ4v) is 2.47. The monoisotopic (exact) mass is 308 g/mol. The molecule has 9 heteroatoms. The topological polar surface area (TPSA) is 103 Å². The average Bonchev–Trinajstić information content (AvgIpc) is 3.09. The SMILES string of the molecule is CCOC(=O)C(=O)c1ccc(Cn2cc(NC=O)nn2)s1. The van der Waals surface area contributed by atoms with Gasteiger partial charge in [-0.15, -0.1) is 16.4 Å². The molecule has 0 fully saturated rings. The van der Waals surface area contributed by atoms with Crippen molar-refractivity contribution in [3.63, 3.8) is 0 Å². The summed E-state index contributed by atoms with van der Waals surface area (Å²) in [7, 11) is 0. The number of amides is 1. The Balaban J connectivity index is 2.03. The number of hydrogen-bond acceptors (Lipinski definition) is 7. The molecule has 0 aliphatic heterocycles. The lowest BCUT2D eigenvalue weighted by Gasteiger charge is -1.98. The summed E-state index contributed by atoms with van der Waals surface area (Å²) in [6.45, 7) is 2.18. The van der Waals surface area contributed by atoms with Gasteiger partial charge in [0.15, 0.2) is 5.82 Å². The van der Waals surface area contributed by atoms with Crippen LogP contribution in [-0.4, -0.2) is 39.8 Å². The van der Waals surface area contributed by atoms with Crippen LogP contribution in [0.15, 0.2) is 18.3 Å². The van der Waals surface area contributed by atoms with Gasteiger partial charge in [-0.1, -0.05) is 5.21 Å². The second-order valence-corrected chi connectivity index (χ2v) is 5.05. The minimum atomic E-state index is -0.857. The van der Waals surface area contributed by atoms with E-state index in [4.69, 9.17) is 0 Å². The van der Waals surface area contributed by atoms with Gasteiger partial charge in [0.25, 0.3) is 5.78 Å². The number of thiophene rings is 1. The van der Waals surface area contributed by atoms with Crippen molar-refractivity contribution in [1.82, 2.24) is 15.0 Å². The lowest BCUT2D eigenvalue weighted by Crippen LogP contribution is -2.16. The first kappa shape index (κ1) is 14.9. The minimum Gasteiger partial charge on any atom is -0.460 e. The molecule has 2 heterocycles. The van der Waals surface area contributed by atoms with E-state index in [-0.39, 0.29) is 6.61 Å². The predicted molar refractivity (Wildman–Crippen MR) is 74.1 cm³/mol. The van der Waals surface area contributed by atoms with Crippen LogP contribution in [0.5, 0.6) is 0 Å². The van der Waals surface area contributed by atoms with Crippen molar-refractivity contribution < 1.29 is 19.1 Å². The molecule has 1 amide bonds. The third-order valence-corrected chi connectivity index (χ3v) is 3.48. The number of rotatable bonds is 7. The van der Waals surface area contributed by atoms with Crippen LogP contribution in [0.4, 0.5) is 5.82 Å². The van der Waals surface area contributed by atoms with Crippen molar-refractivity contribution in [3.8, 4) is 0 Å². The Morgan fingerprint density at radius 2 is 2.29 bits per heavy atom. The molecule has 0 radical (unpaired) electrons. The van der Waals surface area contributed by atoms with Crippen molar-refractivity contribution in [1.29, 1.82) is 0 Å². The zero-order chi connectivity index (χ0) is 15.2. The van der Waals surface area contributed by atoms with Crippen molar-refractivity contribution in [2.24, 2.45) is 0 Å². The molecule has 0 atom stereocenters. The Labute approximate surface area is 123 Å². The summed E-state index contributed by atoms with van der Waals surface area (Å²) in [6, 6.07) is 3.30. The van der Waals surface area contributed by atoms with E-state index in [0.717, 1.165) is 4.88 Å². The summed E-state index contributed by atoms with van der Waals surface area (Å²) in [5.74, 6) is -1.18. The van der Waals surface area contributed by atoms with E-state index in [1.807, 2.05) is 0 Å². The molecule has 0 saturated carbocycles. The maximum atomic E-state index is 11.7. The average molecular weight is 308 g/mol. The molecule has 0 spiro atoms. The quantitative estimate of drug-likeness (QED) is 0.349. The lowest BCUT2D eigenvalue weighted by atomic mass is 10.3. The summed E-state index contributed by atoms with van der Waals surface area (Å²) in [5.41, 5.74) is 0. The number of aromatic nitrogens is 3. The lowest BCUT2D eigenvalue weighted by molar-refractivity contribution is -0.137. The standard InChI is InChI=1S/C12H12N4O4S/c1-2-20-12(19)11(18)9-4-3-8(21-9)5-16-6-10(13-7-17)14-15-16/h3-4,6-7H,2,5H2,1H3,(H,13,17). The molecule has 0 aliphatic rings. The molecule has 0 bridgehead atoms. The summed E-state index contributed by atoms with van der Waals surface area (Å²) >= 11 is 1.18. The number of nitrogens with zero attached hydrogens (tertiary/aromatic N) is 3. The maximum Gasteiger partial charge on any atom is 0.380 e. The Bertz CT molecular complexity index is 664. The van der Waals surface area contributed by atoms with Gasteiger partial charge in [0.2, 0.25) is 6.41 Å². The smallest absolute Gasteiger partial charge is 0.380 e. The van der Waals surface area contributed by atoms with E-state index < -0.39 is 11.8 Å². The third-order valence-electron chi connectivity index (χ3n) is 2.41. The highest BCUT2D eigenvalue weighted by Crippen LogP contribution is 2.18. The molecule has 2 aromatic heterocycles. The molecule has 2 aromatic rings. The maximum absolute atomic E-state index is 11.7. The number of esters is 1. The van der Waals surface area contributed by atoms with Crippen LogP contribution in [0.1, 0.15) is 21.5 Å². The van der Waals surface area contributed by atoms with Gasteiger partial charge in [-0.3, -0.25) is 9.59 Å². The van der Waals surface area contributed by atoms with E-state index >= 15 is 0 Å². The molecule has 21 heavy (non-hydrogen) atoms. The molecule has 0 aromatic carbocycles. The largest absolute Gasteiger partial charge is 0.460 e. The minimum absolute atomic E-state index is 0.161. The van der Waals surface area contributed by atoms with E-state index in [0.29, 0.717) is 23.6 Å². The first-order valence-electron chi connectivity index (χ1n) is 6.04. The van der Waals surface area contributed by atoms with Crippen molar-refractivity contribution in [2.75, 3.05) is 11.9 Å². The zero-order valence-corrected chi connectivity index (χ0v) is 11.9. The molecule has 0 aliphatic carbocycles. The van der Waals surface area contributed by atoms with Crippen LogP contribution >= 0.6 is 11.3 Å². The summed E-state index contributed by atoms with van der Waals surface area (Å²) in [5, 5.41) is 9.93. The van der Waals surface area contributed by atoms with E-state index in [1.54, 1.807) is 25.3 Å². The van der Waals surface area contributed by atoms with Crippen LogP contribution in [-0.2, 0) is 20.9 Å². The van der Waals surface area contributed by atoms with Crippen molar-refractivity contribution >= 4 is 35.3 Å². The first-order valence-corrected chi connectivity index (χ1v) is 6.86. The predicted octanol–water partition coefficient (Wildman–Crippen LogP) is 0.702. The number of hydrogen-bond donors (Lipinski definition) is 1. The summed E-state index contributed by atoms with van der Waals surface area (Å²) < 4.78 is 6.18. The molecular formula is C12H12N4O4S.